The van der Waals surface area contributed by atoms with Crippen molar-refractivity contribution < 1.29 is 14.3 Å². The molecule has 2 aromatic heterocycles. The predicted octanol–water partition coefficient (Wildman–Crippen LogP) is 3.19. The molecule has 0 radical (unpaired) electrons. The van der Waals surface area contributed by atoms with Crippen molar-refractivity contribution in [3.8, 4) is 22.3 Å². The number of hydrogen-bond acceptors (Lipinski definition) is 8. The number of hydrogen-bond donors (Lipinski definition) is 2. The van der Waals surface area contributed by atoms with Crippen LogP contribution in [-0.4, -0.2) is 89.1 Å². The van der Waals surface area contributed by atoms with E-state index in [0.717, 1.165) is 49.4 Å². The van der Waals surface area contributed by atoms with Crippen LogP contribution in [0.5, 0.6) is 0 Å². The number of pyridine rings is 1. The van der Waals surface area contributed by atoms with Gasteiger partial charge in [0.05, 0.1) is 37.6 Å². The Hall–Kier alpha value is -4.09. The number of aromatic nitrogens is 3. The van der Waals surface area contributed by atoms with Gasteiger partial charge in [-0.25, -0.2) is 4.98 Å². The third kappa shape index (κ3) is 7.11. The van der Waals surface area contributed by atoms with Crippen LogP contribution in [0.25, 0.3) is 22.3 Å². The summed E-state index contributed by atoms with van der Waals surface area (Å²) in [5, 5.41) is 7.23. The number of nitrogens with one attached hydrogen (secondary N) is 1. The summed E-state index contributed by atoms with van der Waals surface area (Å²) in [5.41, 5.74) is 12.8. The molecule has 4 aromatic rings. The van der Waals surface area contributed by atoms with Gasteiger partial charge < -0.3 is 25.4 Å². The molecule has 0 saturated carbocycles. The molecule has 2 aromatic carbocycles. The van der Waals surface area contributed by atoms with Crippen LogP contribution in [0.15, 0.2) is 73.2 Å². The second-order valence-corrected chi connectivity index (χ2v) is 11.5. The monoisotopic (exact) mass is 581 g/mol. The van der Waals surface area contributed by atoms with E-state index in [-0.39, 0.29) is 23.9 Å². The molecule has 4 heterocycles. The minimum Gasteiger partial charge on any atom is -0.383 e. The number of nitrogens with two attached hydrogens (primary N) is 1. The molecule has 1 amide bonds. The predicted molar refractivity (Wildman–Crippen MR) is 166 cm³/mol. The largest absolute Gasteiger partial charge is 0.383 e. The molecule has 10 nitrogen and oxygen atoms in total. The molecule has 2 fully saturated rings. The van der Waals surface area contributed by atoms with E-state index in [1.54, 1.807) is 23.1 Å². The molecular weight excluding hydrogens is 542 g/mol. The lowest BCUT2D eigenvalue weighted by molar-refractivity contribution is 0.0218. The first-order valence-corrected chi connectivity index (χ1v) is 14.8. The first-order chi connectivity index (χ1) is 20.9. The molecule has 2 aliphatic heterocycles. The van der Waals surface area contributed by atoms with Gasteiger partial charge in [-0.1, -0.05) is 48.5 Å². The number of carbonyl (C=O) groups excluding carboxylic acids is 1. The molecule has 0 aliphatic carbocycles. The summed E-state index contributed by atoms with van der Waals surface area (Å²) in [7, 11) is 4.02. The van der Waals surface area contributed by atoms with E-state index in [1.165, 1.54) is 16.7 Å². The van der Waals surface area contributed by atoms with E-state index >= 15 is 0 Å². The maximum atomic E-state index is 13.2. The standard InChI is InChI=1S/C33H39N7O3/c1-38-11-13-40(14-12-38)18-23-3-7-25(8-4-23)26-9-5-24(6-10-26)20-43-31-22-42-21-30(31)37-33(41)29-15-27(16-35-32(29)34)28-17-36-39(2)19-28/h3-10,15-17,19,30-31H,11-14,18,20-22H2,1-2H3,(H2,34,35)(H,37,41)/t30-,31?/m0/s1. The van der Waals surface area contributed by atoms with Crippen molar-refractivity contribution in [1.82, 2.24) is 29.9 Å². The van der Waals surface area contributed by atoms with Gasteiger partial charge in [-0.05, 0) is 35.4 Å². The number of carbonyl (C=O) groups is 1. The zero-order valence-corrected chi connectivity index (χ0v) is 24.8. The Balaban J connectivity index is 1.02. The van der Waals surface area contributed by atoms with Gasteiger partial charge in [0.1, 0.15) is 11.9 Å². The van der Waals surface area contributed by atoms with Gasteiger partial charge in [0, 0.05) is 63.3 Å². The maximum absolute atomic E-state index is 13.2. The summed E-state index contributed by atoms with van der Waals surface area (Å²) in [6.07, 6.45) is 4.96. The molecular formula is C33H39N7O3. The molecule has 3 N–H and O–H groups in total. The summed E-state index contributed by atoms with van der Waals surface area (Å²) >= 11 is 0. The smallest absolute Gasteiger partial charge is 0.255 e. The van der Waals surface area contributed by atoms with Crippen LogP contribution in [0.2, 0.25) is 0 Å². The summed E-state index contributed by atoms with van der Waals surface area (Å²) < 4.78 is 13.6. The zero-order chi connectivity index (χ0) is 29.8. The Morgan fingerprint density at radius 1 is 0.930 bits per heavy atom. The molecule has 2 aliphatic rings. The number of aryl methyl sites for hydroxylation is 1. The Labute approximate surface area is 252 Å². The average molecular weight is 582 g/mol. The second-order valence-electron chi connectivity index (χ2n) is 11.5. The fourth-order valence-corrected chi connectivity index (χ4v) is 5.53. The van der Waals surface area contributed by atoms with E-state index in [9.17, 15) is 4.79 Å². The molecule has 1 unspecified atom stereocenters. The Kier molecular flexibility index (Phi) is 8.80. The minimum absolute atomic E-state index is 0.172. The fraction of sp³-hybridized carbons (Fsp3) is 0.364. The molecule has 2 saturated heterocycles. The van der Waals surface area contributed by atoms with Gasteiger partial charge >= 0.3 is 0 Å². The molecule has 2 atom stereocenters. The average Bonchev–Trinajstić information content (AvgIpc) is 3.66. The van der Waals surface area contributed by atoms with Crippen LogP contribution in [0.4, 0.5) is 5.82 Å². The molecule has 224 valence electrons. The van der Waals surface area contributed by atoms with E-state index in [2.05, 4.69) is 80.8 Å². The van der Waals surface area contributed by atoms with Crippen molar-refractivity contribution >= 4 is 11.7 Å². The first-order valence-electron chi connectivity index (χ1n) is 14.8. The van der Waals surface area contributed by atoms with E-state index < -0.39 is 0 Å². The van der Waals surface area contributed by atoms with Crippen molar-refractivity contribution in [3.05, 3.63) is 89.9 Å². The van der Waals surface area contributed by atoms with Crippen LogP contribution in [0.1, 0.15) is 21.5 Å². The van der Waals surface area contributed by atoms with Crippen LogP contribution in [-0.2, 0) is 29.7 Å². The van der Waals surface area contributed by atoms with Gasteiger partial charge in [0.2, 0.25) is 0 Å². The van der Waals surface area contributed by atoms with Gasteiger partial charge in [0.25, 0.3) is 5.91 Å². The van der Waals surface area contributed by atoms with Gasteiger partial charge in [0.15, 0.2) is 0 Å². The fourth-order valence-electron chi connectivity index (χ4n) is 5.53. The van der Waals surface area contributed by atoms with Crippen molar-refractivity contribution in [3.63, 3.8) is 0 Å². The second kappa shape index (κ2) is 13.0. The van der Waals surface area contributed by atoms with Crippen molar-refractivity contribution in [1.29, 1.82) is 0 Å². The number of amides is 1. The summed E-state index contributed by atoms with van der Waals surface area (Å²) in [6.45, 7) is 6.70. The highest BCUT2D eigenvalue weighted by atomic mass is 16.5. The van der Waals surface area contributed by atoms with Crippen molar-refractivity contribution in [2.75, 3.05) is 52.2 Å². The molecule has 43 heavy (non-hydrogen) atoms. The van der Waals surface area contributed by atoms with Gasteiger partial charge in [-0.2, -0.15) is 5.10 Å². The topological polar surface area (TPSA) is 111 Å². The number of nitrogen functional groups attached to an aromatic ring is 1. The molecule has 6 rings (SSSR count). The SMILES string of the molecule is CN1CCN(Cc2ccc(-c3ccc(COC4COC[C@@H]4NC(=O)c4cc(-c5cnn(C)c5)cnc4N)cc3)cc2)CC1. The summed E-state index contributed by atoms with van der Waals surface area (Å²) in [5.74, 6) is -0.134. The first kappa shape index (κ1) is 29.0. The lowest BCUT2D eigenvalue weighted by atomic mass is 10.0. The lowest BCUT2D eigenvalue weighted by Gasteiger charge is -2.32. The van der Waals surface area contributed by atoms with Crippen molar-refractivity contribution in [2.45, 2.75) is 25.3 Å². The van der Waals surface area contributed by atoms with E-state index in [0.29, 0.717) is 25.4 Å². The Morgan fingerprint density at radius 2 is 1.63 bits per heavy atom. The highest BCUT2D eigenvalue weighted by Crippen LogP contribution is 2.24. The summed E-state index contributed by atoms with van der Waals surface area (Å²) in [6, 6.07) is 18.8. The van der Waals surface area contributed by atoms with E-state index in [1.807, 2.05) is 13.2 Å². The third-order valence-corrected chi connectivity index (χ3v) is 8.25. The quantitative estimate of drug-likeness (QED) is 0.310. The normalized spacial score (nSPS) is 19.5. The van der Waals surface area contributed by atoms with E-state index in [4.69, 9.17) is 15.2 Å². The summed E-state index contributed by atoms with van der Waals surface area (Å²) in [4.78, 5) is 22.3. The third-order valence-electron chi connectivity index (χ3n) is 8.25. The molecule has 10 heteroatoms. The van der Waals surface area contributed by atoms with Crippen LogP contribution < -0.4 is 11.1 Å². The van der Waals surface area contributed by atoms with Gasteiger partial charge in [-0.15, -0.1) is 0 Å². The number of anilines is 1. The highest BCUT2D eigenvalue weighted by molar-refractivity contribution is 5.99. The number of likely N-dealkylation sites (N-methyl/N-ethyl adjacent to an activating group) is 1. The number of piperazine rings is 1. The lowest BCUT2D eigenvalue weighted by Crippen LogP contribution is -2.44. The Bertz CT molecular complexity index is 1530. The van der Waals surface area contributed by atoms with Crippen LogP contribution in [0, 0.1) is 0 Å². The molecule has 0 bridgehead atoms. The maximum Gasteiger partial charge on any atom is 0.255 e. The number of nitrogens with zero attached hydrogens (tertiary/aromatic N) is 5. The number of ether oxygens (including phenoxy) is 2. The molecule has 0 spiro atoms. The van der Waals surface area contributed by atoms with Crippen LogP contribution >= 0.6 is 0 Å². The van der Waals surface area contributed by atoms with Crippen LogP contribution in [0.3, 0.4) is 0 Å². The van der Waals surface area contributed by atoms with Gasteiger partial charge in [-0.3, -0.25) is 14.4 Å². The number of rotatable bonds is 9. The zero-order valence-electron chi connectivity index (χ0n) is 24.8. The number of benzene rings is 2. The highest BCUT2D eigenvalue weighted by Gasteiger charge is 2.31. The minimum atomic E-state index is -0.307. The van der Waals surface area contributed by atoms with Crippen molar-refractivity contribution in [2.24, 2.45) is 7.05 Å². The Morgan fingerprint density at radius 3 is 2.30 bits per heavy atom.